The van der Waals surface area contributed by atoms with Crippen LogP contribution in [0.15, 0.2) is 76.6 Å². The van der Waals surface area contributed by atoms with Crippen molar-refractivity contribution in [3.8, 4) is 11.5 Å². The first kappa shape index (κ1) is 30.7. The molecule has 2 aliphatic rings. The first-order valence-corrected chi connectivity index (χ1v) is 15.3. The number of imide groups is 1. The Bertz CT molecular complexity index is 1910. The summed E-state index contributed by atoms with van der Waals surface area (Å²) >= 11 is 7.80. The molecule has 3 heterocycles. The Balaban J connectivity index is 1.40. The van der Waals surface area contributed by atoms with E-state index in [2.05, 4.69) is 5.32 Å². The minimum atomic E-state index is -4.62. The number of methoxy groups -OCH3 is 1. The Morgan fingerprint density at radius 3 is 2.47 bits per heavy atom. The molecule has 6 rings (SSSR count). The molecule has 0 radical (unpaired) electrons. The molecule has 3 aromatic carbocycles. The van der Waals surface area contributed by atoms with Gasteiger partial charge >= 0.3 is 11.0 Å². The molecule has 0 bridgehead atoms. The van der Waals surface area contributed by atoms with Crippen LogP contribution in [-0.2, 0) is 27.1 Å². The van der Waals surface area contributed by atoms with E-state index in [1.54, 1.807) is 30.3 Å². The molecule has 232 valence electrons. The lowest BCUT2D eigenvalue weighted by Crippen LogP contribution is -2.33. The van der Waals surface area contributed by atoms with Gasteiger partial charge in [-0.1, -0.05) is 46.8 Å². The highest BCUT2D eigenvalue weighted by Gasteiger charge is 2.57. The molecule has 1 fully saturated rings. The number of hydrogen-bond donors (Lipinski definition) is 2. The number of fused-ring (bicyclic) bond motifs is 2. The average Bonchev–Trinajstić information content (AvgIpc) is 3.44. The number of aromatic nitrogens is 1. The molecule has 15 heteroatoms. The number of ether oxygens (including phenoxy) is 1. The second-order valence-electron chi connectivity index (χ2n) is 10.2. The van der Waals surface area contributed by atoms with Crippen LogP contribution in [0.5, 0.6) is 11.5 Å². The van der Waals surface area contributed by atoms with E-state index >= 15 is 0 Å². The van der Waals surface area contributed by atoms with E-state index in [0.717, 1.165) is 50.8 Å². The third-order valence-electron chi connectivity index (χ3n) is 7.47. The number of thiazole rings is 1. The summed E-state index contributed by atoms with van der Waals surface area (Å²) in [6.45, 7) is -0.556. The van der Waals surface area contributed by atoms with E-state index < -0.39 is 58.0 Å². The lowest BCUT2D eigenvalue weighted by Gasteiger charge is -2.31. The Labute approximate surface area is 266 Å². The van der Waals surface area contributed by atoms with E-state index in [9.17, 15) is 37.5 Å². The van der Waals surface area contributed by atoms with Crippen molar-refractivity contribution in [1.82, 2.24) is 4.57 Å². The molecule has 3 amide bonds. The van der Waals surface area contributed by atoms with E-state index in [1.807, 2.05) is 0 Å². The Kier molecular flexibility index (Phi) is 7.91. The molecule has 4 aromatic rings. The Morgan fingerprint density at radius 2 is 1.78 bits per heavy atom. The van der Waals surface area contributed by atoms with Gasteiger partial charge in [0.05, 0.1) is 29.3 Å². The van der Waals surface area contributed by atoms with Crippen molar-refractivity contribution >= 4 is 63.8 Å². The van der Waals surface area contributed by atoms with Gasteiger partial charge in [0.1, 0.15) is 11.8 Å². The number of alkyl halides is 3. The fourth-order valence-electron chi connectivity index (χ4n) is 5.46. The third-order valence-corrected chi connectivity index (χ3v) is 10.3. The number of carbonyl (C=O) groups excluding carboxylic acids is 3. The number of nitrogens with one attached hydrogen (secondary N) is 1. The second kappa shape index (κ2) is 11.6. The van der Waals surface area contributed by atoms with E-state index in [1.165, 1.54) is 25.3 Å². The summed E-state index contributed by atoms with van der Waals surface area (Å²) in [5.41, 5.74) is -0.257. The van der Waals surface area contributed by atoms with Crippen LogP contribution in [0, 0.1) is 5.92 Å². The maximum atomic E-state index is 14.0. The number of phenols is 1. The Hall–Kier alpha value is -4.27. The number of nitrogens with zero attached hydrogens (tertiary/aromatic N) is 2. The van der Waals surface area contributed by atoms with Crippen LogP contribution in [0.2, 0.25) is 5.02 Å². The quantitative estimate of drug-likeness (QED) is 0.251. The number of carbonyl (C=O) groups is 3. The van der Waals surface area contributed by atoms with E-state index in [4.69, 9.17) is 16.3 Å². The summed E-state index contributed by atoms with van der Waals surface area (Å²) in [5, 5.41) is 12.3. The molecular weight excluding hydrogens is 655 g/mol. The van der Waals surface area contributed by atoms with E-state index in [0.29, 0.717) is 21.2 Å². The summed E-state index contributed by atoms with van der Waals surface area (Å²) in [6, 6.07) is 14.7. The van der Waals surface area contributed by atoms with Gasteiger partial charge in [-0.05, 0) is 60.2 Å². The predicted molar refractivity (Wildman–Crippen MR) is 162 cm³/mol. The standard InChI is InChI=1S/C30H21ClF3N3O6S2/c1-43-20-11-14(5-10-19(20)38)22-23-24(27(41)37(26(23)40)18-8-6-16(31)7-9-18)44-28-25(22)45-29(42)36(28)13-21(39)35-17-4-2-3-15(12-17)30(32,33)34/h2-12,22-24,38H,13H2,1H3,(H,35,39)/t22-,23+,24-/m0/s1. The largest absolute Gasteiger partial charge is 0.504 e. The maximum Gasteiger partial charge on any atom is 0.416 e. The van der Waals surface area contributed by atoms with Crippen molar-refractivity contribution in [2.45, 2.75) is 28.9 Å². The number of anilines is 2. The van der Waals surface area contributed by atoms with Gasteiger partial charge in [-0.2, -0.15) is 13.2 Å². The number of amides is 3. The molecule has 1 saturated heterocycles. The molecular formula is C30H21ClF3N3O6S2. The number of halogens is 4. The molecule has 0 spiro atoms. The molecule has 45 heavy (non-hydrogen) atoms. The summed E-state index contributed by atoms with van der Waals surface area (Å²) in [4.78, 5) is 55.1. The summed E-state index contributed by atoms with van der Waals surface area (Å²) in [6.07, 6.45) is -4.62. The van der Waals surface area contributed by atoms with E-state index in [-0.39, 0.29) is 22.2 Å². The smallest absolute Gasteiger partial charge is 0.416 e. The molecule has 1 aromatic heterocycles. The van der Waals surface area contributed by atoms with Crippen molar-refractivity contribution in [3.63, 3.8) is 0 Å². The summed E-state index contributed by atoms with van der Waals surface area (Å²) in [7, 11) is 1.36. The van der Waals surface area contributed by atoms with Crippen molar-refractivity contribution < 1.29 is 37.4 Å². The van der Waals surface area contributed by atoms with Crippen LogP contribution in [0.25, 0.3) is 0 Å². The van der Waals surface area contributed by atoms with Crippen molar-refractivity contribution in [2.75, 3.05) is 17.3 Å². The molecule has 0 unspecified atom stereocenters. The molecule has 0 aliphatic carbocycles. The molecule has 3 atom stereocenters. The number of thioether (sulfide) groups is 1. The molecule has 2 N–H and O–H groups in total. The minimum absolute atomic E-state index is 0.107. The highest BCUT2D eigenvalue weighted by atomic mass is 35.5. The van der Waals surface area contributed by atoms with Gasteiger partial charge in [0.15, 0.2) is 11.5 Å². The number of hydrogen-bond acceptors (Lipinski definition) is 8. The highest BCUT2D eigenvalue weighted by molar-refractivity contribution is 8.00. The molecule has 0 saturated carbocycles. The molecule has 9 nitrogen and oxygen atoms in total. The normalized spacial score (nSPS) is 19.3. The fraction of sp³-hybridized carbons (Fsp3) is 0.200. The predicted octanol–water partition coefficient (Wildman–Crippen LogP) is 5.73. The van der Waals surface area contributed by atoms with Gasteiger partial charge in [0.25, 0.3) is 0 Å². The van der Waals surface area contributed by atoms with Crippen molar-refractivity contribution in [1.29, 1.82) is 0 Å². The van der Waals surface area contributed by atoms with Gasteiger partial charge in [0, 0.05) is 21.5 Å². The van der Waals surface area contributed by atoms with Gasteiger partial charge in [0.2, 0.25) is 17.7 Å². The van der Waals surface area contributed by atoms with Crippen LogP contribution in [0.4, 0.5) is 24.5 Å². The van der Waals surface area contributed by atoms with Gasteiger partial charge in [-0.3, -0.25) is 23.7 Å². The Morgan fingerprint density at radius 1 is 1.04 bits per heavy atom. The van der Waals surface area contributed by atoms with Crippen molar-refractivity contribution in [2.24, 2.45) is 5.92 Å². The SMILES string of the molecule is COc1cc([C@@H]2c3sc(=O)n(CC(=O)Nc4cccc(C(F)(F)F)c4)c3S[C@@H]3C(=O)N(c4ccc(Cl)cc4)C(=O)[C@H]23)ccc1O. The van der Waals surface area contributed by atoms with Crippen molar-refractivity contribution in [3.05, 3.63) is 97.4 Å². The summed E-state index contributed by atoms with van der Waals surface area (Å²) < 4.78 is 46.0. The zero-order valence-electron chi connectivity index (χ0n) is 23.0. The first-order valence-electron chi connectivity index (χ1n) is 13.2. The van der Waals surface area contributed by atoms with Gasteiger partial charge < -0.3 is 15.2 Å². The van der Waals surface area contributed by atoms with Crippen LogP contribution in [0.1, 0.15) is 21.9 Å². The third kappa shape index (κ3) is 5.57. The lowest BCUT2D eigenvalue weighted by atomic mass is 9.83. The van der Waals surface area contributed by atoms with Crippen LogP contribution in [0.3, 0.4) is 0 Å². The lowest BCUT2D eigenvalue weighted by molar-refractivity contribution is -0.137. The molecule has 2 aliphatic heterocycles. The van der Waals surface area contributed by atoms with Crippen LogP contribution in [-0.4, -0.2) is 39.8 Å². The zero-order chi connectivity index (χ0) is 32.2. The highest BCUT2D eigenvalue weighted by Crippen LogP contribution is 2.54. The first-order chi connectivity index (χ1) is 21.4. The average molecular weight is 676 g/mol. The number of aromatic hydroxyl groups is 1. The number of benzene rings is 3. The topological polar surface area (TPSA) is 118 Å². The number of phenolic OH excluding ortho intramolecular Hbond substituents is 1. The summed E-state index contributed by atoms with van der Waals surface area (Å²) in [5.74, 6) is -3.63. The minimum Gasteiger partial charge on any atom is -0.504 e. The number of rotatable bonds is 6. The fourth-order valence-corrected chi connectivity index (χ4v) is 8.36. The van der Waals surface area contributed by atoms with Gasteiger partial charge in [-0.25, -0.2) is 4.90 Å². The zero-order valence-corrected chi connectivity index (χ0v) is 25.4. The second-order valence-corrected chi connectivity index (χ2v) is 12.8. The van der Waals surface area contributed by atoms with Crippen LogP contribution >= 0.6 is 34.7 Å². The van der Waals surface area contributed by atoms with Crippen LogP contribution < -0.4 is 19.8 Å². The van der Waals surface area contributed by atoms with Gasteiger partial charge in [-0.15, -0.1) is 0 Å². The monoisotopic (exact) mass is 675 g/mol. The maximum absolute atomic E-state index is 14.0.